The molecule has 0 amide bonds. The summed E-state index contributed by atoms with van der Waals surface area (Å²) in [6.07, 6.45) is 0.963. The Labute approximate surface area is 117 Å². The van der Waals surface area contributed by atoms with Crippen molar-refractivity contribution in [1.29, 1.82) is 0 Å². The number of hydrogen-bond acceptors (Lipinski definition) is 3. The van der Waals surface area contributed by atoms with E-state index in [0.717, 1.165) is 11.1 Å². The van der Waals surface area contributed by atoms with Crippen LogP contribution in [-0.2, 0) is 21.9 Å². The summed E-state index contributed by atoms with van der Waals surface area (Å²) < 4.78 is 22.3. The van der Waals surface area contributed by atoms with Gasteiger partial charge in [-0.15, -0.1) is 0 Å². The second kappa shape index (κ2) is 5.41. The van der Waals surface area contributed by atoms with Gasteiger partial charge in [0.2, 0.25) is 0 Å². The average molecular weight is 290 g/mol. The number of para-hydroxylation sites is 1. The van der Waals surface area contributed by atoms with Gasteiger partial charge < -0.3 is 4.52 Å². The van der Waals surface area contributed by atoms with Crippen LogP contribution in [0.2, 0.25) is 0 Å². The standard InChI is InChI=1S/C15H15O4P/c16-20(17,18-14-8-2-1-3-9-14)19-15-10-12-6-4-5-7-13(12)11-15/h1-9,15H,10-11H2,(H,16,17). The van der Waals surface area contributed by atoms with E-state index in [-0.39, 0.29) is 6.10 Å². The van der Waals surface area contributed by atoms with E-state index in [4.69, 9.17) is 9.05 Å². The van der Waals surface area contributed by atoms with Crippen LogP contribution in [0.5, 0.6) is 5.75 Å². The number of phosphoric ester groups is 1. The number of benzene rings is 2. The van der Waals surface area contributed by atoms with Crippen LogP contribution in [0.3, 0.4) is 0 Å². The van der Waals surface area contributed by atoms with Crippen molar-refractivity contribution in [2.24, 2.45) is 0 Å². The largest absolute Gasteiger partial charge is 0.527 e. The van der Waals surface area contributed by atoms with Gasteiger partial charge in [-0.25, -0.2) is 4.57 Å². The van der Waals surface area contributed by atoms with Gasteiger partial charge in [0.05, 0.1) is 6.10 Å². The second-order valence-electron chi connectivity index (χ2n) is 4.78. The Hall–Kier alpha value is -1.61. The van der Waals surface area contributed by atoms with Gasteiger partial charge in [0.15, 0.2) is 0 Å². The third-order valence-corrected chi connectivity index (χ3v) is 4.27. The molecule has 1 aliphatic carbocycles. The molecule has 0 radical (unpaired) electrons. The highest BCUT2D eigenvalue weighted by Crippen LogP contribution is 2.46. The maximum absolute atomic E-state index is 12.0. The van der Waals surface area contributed by atoms with Crippen molar-refractivity contribution in [2.45, 2.75) is 18.9 Å². The second-order valence-corrected chi connectivity index (χ2v) is 6.11. The molecule has 5 heteroatoms. The van der Waals surface area contributed by atoms with Crippen LogP contribution in [-0.4, -0.2) is 11.0 Å². The summed E-state index contributed by atoms with van der Waals surface area (Å²) in [7, 11) is -4.09. The third kappa shape index (κ3) is 3.10. The molecule has 20 heavy (non-hydrogen) atoms. The van der Waals surface area contributed by atoms with Crippen LogP contribution >= 0.6 is 7.82 Å². The van der Waals surface area contributed by atoms with Crippen molar-refractivity contribution in [1.82, 2.24) is 0 Å². The van der Waals surface area contributed by atoms with Gasteiger partial charge in [-0.2, -0.15) is 0 Å². The quantitative estimate of drug-likeness (QED) is 0.877. The molecule has 0 heterocycles. The predicted octanol–water partition coefficient (Wildman–Crippen LogP) is 3.35. The van der Waals surface area contributed by atoms with Crippen LogP contribution < -0.4 is 4.52 Å². The lowest BCUT2D eigenvalue weighted by Crippen LogP contribution is -2.13. The summed E-state index contributed by atoms with van der Waals surface area (Å²) in [5, 5.41) is 0. The normalized spacial score (nSPS) is 17.4. The molecule has 0 bridgehead atoms. The van der Waals surface area contributed by atoms with E-state index in [0.29, 0.717) is 18.6 Å². The maximum Gasteiger partial charge on any atom is 0.527 e. The number of fused-ring (bicyclic) bond motifs is 1. The molecule has 0 saturated carbocycles. The summed E-state index contributed by atoms with van der Waals surface area (Å²) >= 11 is 0. The van der Waals surface area contributed by atoms with Crippen molar-refractivity contribution >= 4 is 7.82 Å². The van der Waals surface area contributed by atoms with Crippen molar-refractivity contribution in [3.63, 3.8) is 0 Å². The smallest absolute Gasteiger partial charge is 0.404 e. The lowest BCUT2D eigenvalue weighted by molar-refractivity contribution is 0.144. The fourth-order valence-corrected chi connectivity index (χ4v) is 3.37. The van der Waals surface area contributed by atoms with E-state index in [9.17, 15) is 9.46 Å². The topological polar surface area (TPSA) is 55.8 Å². The van der Waals surface area contributed by atoms with Crippen molar-refractivity contribution in [3.05, 3.63) is 65.7 Å². The molecule has 1 N–H and O–H groups in total. The number of rotatable bonds is 4. The van der Waals surface area contributed by atoms with E-state index in [2.05, 4.69) is 0 Å². The molecule has 1 unspecified atom stereocenters. The first-order valence-electron chi connectivity index (χ1n) is 6.45. The molecular formula is C15H15O4P. The van der Waals surface area contributed by atoms with Gasteiger partial charge in [-0.05, 0) is 36.1 Å². The SMILES string of the molecule is O=P(O)(Oc1ccccc1)OC1Cc2ccccc2C1. The van der Waals surface area contributed by atoms with E-state index in [1.54, 1.807) is 24.3 Å². The highest BCUT2D eigenvalue weighted by Gasteiger charge is 2.32. The predicted molar refractivity (Wildman–Crippen MR) is 75.6 cm³/mol. The molecule has 2 aromatic rings. The number of phosphoric acid groups is 1. The minimum Gasteiger partial charge on any atom is -0.404 e. The minimum atomic E-state index is -4.09. The van der Waals surface area contributed by atoms with Crippen LogP contribution in [0.1, 0.15) is 11.1 Å². The number of hydrogen-bond donors (Lipinski definition) is 1. The molecule has 0 spiro atoms. The molecule has 2 aromatic carbocycles. The molecule has 0 saturated heterocycles. The van der Waals surface area contributed by atoms with Gasteiger partial charge in [-0.3, -0.25) is 9.42 Å². The Balaban J connectivity index is 1.65. The van der Waals surface area contributed by atoms with Gasteiger partial charge in [0.1, 0.15) is 5.75 Å². The average Bonchev–Trinajstić information content (AvgIpc) is 2.80. The summed E-state index contributed by atoms with van der Waals surface area (Å²) in [5.74, 6) is 0.328. The zero-order chi connectivity index (χ0) is 14.0. The van der Waals surface area contributed by atoms with E-state index >= 15 is 0 Å². The van der Waals surface area contributed by atoms with Gasteiger partial charge in [0.25, 0.3) is 0 Å². The van der Waals surface area contributed by atoms with Crippen molar-refractivity contribution in [3.8, 4) is 5.75 Å². The van der Waals surface area contributed by atoms with Crippen molar-refractivity contribution < 1.29 is 18.5 Å². The molecular weight excluding hydrogens is 275 g/mol. The Kier molecular flexibility index (Phi) is 3.62. The summed E-state index contributed by atoms with van der Waals surface area (Å²) in [6, 6.07) is 16.5. The first-order chi connectivity index (χ1) is 9.62. The van der Waals surface area contributed by atoms with Gasteiger partial charge in [0, 0.05) is 0 Å². The highest BCUT2D eigenvalue weighted by atomic mass is 31.2. The Bertz CT molecular complexity index is 616. The van der Waals surface area contributed by atoms with Gasteiger partial charge >= 0.3 is 7.82 Å². The van der Waals surface area contributed by atoms with E-state index in [1.807, 2.05) is 30.3 Å². The molecule has 4 nitrogen and oxygen atoms in total. The van der Waals surface area contributed by atoms with Crippen LogP contribution in [0, 0.1) is 0 Å². The van der Waals surface area contributed by atoms with E-state index in [1.165, 1.54) is 0 Å². The minimum absolute atomic E-state index is 0.313. The molecule has 104 valence electrons. The molecule has 0 aromatic heterocycles. The Morgan fingerprint density at radius 1 is 0.950 bits per heavy atom. The zero-order valence-electron chi connectivity index (χ0n) is 10.8. The molecule has 1 aliphatic rings. The van der Waals surface area contributed by atoms with Crippen LogP contribution in [0.4, 0.5) is 0 Å². The first kappa shape index (κ1) is 13.4. The monoisotopic (exact) mass is 290 g/mol. The fraction of sp³-hybridized carbons (Fsp3) is 0.200. The van der Waals surface area contributed by atoms with Crippen LogP contribution in [0.25, 0.3) is 0 Å². The molecule has 0 aliphatic heterocycles. The maximum atomic E-state index is 12.0. The van der Waals surface area contributed by atoms with Gasteiger partial charge in [-0.1, -0.05) is 42.5 Å². The first-order valence-corrected chi connectivity index (χ1v) is 7.94. The summed E-state index contributed by atoms with van der Waals surface area (Å²) in [6.45, 7) is 0. The highest BCUT2D eigenvalue weighted by molar-refractivity contribution is 7.47. The Morgan fingerprint density at radius 2 is 1.50 bits per heavy atom. The zero-order valence-corrected chi connectivity index (χ0v) is 11.7. The molecule has 3 rings (SSSR count). The molecule has 0 fully saturated rings. The van der Waals surface area contributed by atoms with Crippen molar-refractivity contribution in [2.75, 3.05) is 0 Å². The third-order valence-electron chi connectivity index (χ3n) is 3.26. The summed E-state index contributed by atoms with van der Waals surface area (Å²) in [5.41, 5.74) is 2.33. The summed E-state index contributed by atoms with van der Waals surface area (Å²) in [4.78, 5) is 9.82. The lowest BCUT2D eigenvalue weighted by atomic mass is 10.1. The lowest BCUT2D eigenvalue weighted by Gasteiger charge is -2.17. The Morgan fingerprint density at radius 3 is 2.10 bits per heavy atom. The molecule has 1 atom stereocenters. The van der Waals surface area contributed by atoms with Crippen LogP contribution in [0.15, 0.2) is 54.6 Å². The fourth-order valence-electron chi connectivity index (χ4n) is 2.42. The van der Waals surface area contributed by atoms with E-state index < -0.39 is 7.82 Å².